The van der Waals surface area contributed by atoms with E-state index in [1.165, 1.54) is 12.1 Å². The van der Waals surface area contributed by atoms with Crippen LogP contribution in [0.2, 0.25) is 0 Å². The number of nitrogen functional groups attached to an aromatic ring is 1. The van der Waals surface area contributed by atoms with Crippen molar-refractivity contribution in [2.24, 2.45) is 0 Å². The maximum Gasteiger partial charge on any atom is 0.126 e. The van der Waals surface area contributed by atoms with Crippen LogP contribution in [-0.4, -0.2) is 0 Å². The van der Waals surface area contributed by atoms with Crippen molar-refractivity contribution in [1.82, 2.24) is 0 Å². The molecule has 0 unspecified atom stereocenters. The van der Waals surface area contributed by atoms with Crippen LogP contribution in [0.25, 0.3) is 11.1 Å². The Hall–Kier alpha value is -2.88. The van der Waals surface area contributed by atoms with Crippen molar-refractivity contribution in [3.05, 3.63) is 77.4 Å². The van der Waals surface area contributed by atoms with Crippen LogP contribution in [0.15, 0.2) is 54.6 Å². The van der Waals surface area contributed by atoms with Gasteiger partial charge in [-0.15, -0.1) is 0 Å². The maximum atomic E-state index is 13.8. The summed E-state index contributed by atoms with van der Waals surface area (Å²) in [6.07, 6.45) is 0. The van der Waals surface area contributed by atoms with Gasteiger partial charge in [0.2, 0.25) is 0 Å². The van der Waals surface area contributed by atoms with Crippen molar-refractivity contribution in [2.75, 3.05) is 11.1 Å². The van der Waals surface area contributed by atoms with Gasteiger partial charge < -0.3 is 11.1 Å². The highest BCUT2D eigenvalue weighted by Gasteiger charge is 2.18. The Morgan fingerprint density at radius 1 is 0.750 bits per heavy atom. The lowest BCUT2D eigenvalue weighted by Gasteiger charge is -2.23. The first-order valence-corrected chi connectivity index (χ1v) is 9.52. The number of nitrogens with one attached hydrogen (secondary N) is 1. The molecular weight excluding hydrogens is 354 g/mol. The van der Waals surface area contributed by atoms with E-state index in [0.29, 0.717) is 11.3 Å². The molecule has 0 bridgehead atoms. The predicted molar refractivity (Wildman–Crippen MR) is 114 cm³/mol. The predicted octanol–water partition coefficient (Wildman–Crippen LogP) is 7.20. The van der Waals surface area contributed by atoms with Gasteiger partial charge in [-0.3, -0.25) is 0 Å². The minimum absolute atomic E-state index is 0.211. The van der Waals surface area contributed by atoms with Gasteiger partial charge in [-0.25, -0.2) is 8.78 Å². The van der Waals surface area contributed by atoms with Crippen LogP contribution in [0.1, 0.15) is 50.7 Å². The van der Waals surface area contributed by atoms with E-state index in [-0.39, 0.29) is 11.8 Å². The number of hydrogen-bond donors (Lipinski definition) is 2. The second kappa shape index (κ2) is 8.01. The van der Waals surface area contributed by atoms with Gasteiger partial charge in [0.1, 0.15) is 11.6 Å². The van der Waals surface area contributed by atoms with Gasteiger partial charge >= 0.3 is 0 Å². The Balaban J connectivity index is 2.20. The molecule has 3 aromatic rings. The van der Waals surface area contributed by atoms with Gasteiger partial charge in [-0.05, 0) is 70.5 Å². The minimum Gasteiger partial charge on any atom is -0.397 e. The fourth-order valence-electron chi connectivity index (χ4n) is 3.38. The third-order valence-electron chi connectivity index (χ3n) is 4.86. The molecule has 0 saturated carbocycles. The summed E-state index contributed by atoms with van der Waals surface area (Å²) in [5.41, 5.74) is 12.1. The molecule has 28 heavy (non-hydrogen) atoms. The normalized spacial score (nSPS) is 11.3. The molecule has 0 aliphatic rings. The molecule has 0 atom stereocenters. The number of rotatable bonds is 5. The average molecular weight is 380 g/mol. The Bertz CT molecular complexity index is 944. The first kappa shape index (κ1) is 19.9. The van der Waals surface area contributed by atoms with E-state index in [4.69, 9.17) is 5.73 Å². The summed E-state index contributed by atoms with van der Waals surface area (Å²) < 4.78 is 27.6. The molecule has 0 radical (unpaired) electrons. The lowest BCUT2D eigenvalue weighted by atomic mass is 9.88. The SMILES string of the molecule is CC(C)c1cc(-c2cc(F)cc(F)c2)cc(C(C)C)c1Nc1ccccc1N. The van der Waals surface area contributed by atoms with E-state index in [1.807, 2.05) is 36.4 Å². The van der Waals surface area contributed by atoms with Crippen molar-refractivity contribution in [1.29, 1.82) is 0 Å². The molecule has 0 amide bonds. The minimum atomic E-state index is -0.577. The fraction of sp³-hybridized carbons (Fsp3) is 0.250. The Labute approximate surface area is 165 Å². The van der Waals surface area contributed by atoms with E-state index < -0.39 is 11.6 Å². The third kappa shape index (κ3) is 4.16. The van der Waals surface area contributed by atoms with Crippen molar-refractivity contribution < 1.29 is 8.78 Å². The Morgan fingerprint density at radius 2 is 1.25 bits per heavy atom. The zero-order valence-corrected chi connectivity index (χ0v) is 16.7. The summed E-state index contributed by atoms with van der Waals surface area (Å²) in [6, 6.07) is 15.3. The molecule has 0 saturated heterocycles. The quantitative estimate of drug-likeness (QED) is 0.459. The molecule has 0 fully saturated rings. The summed E-state index contributed by atoms with van der Waals surface area (Å²) in [4.78, 5) is 0. The molecule has 3 N–H and O–H groups in total. The van der Waals surface area contributed by atoms with Gasteiger partial charge in [0.05, 0.1) is 11.4 Å². The number of para-hydroxylation sites is 2. The van der Waals surface area contributed by atoms with Gasteiger partial charge in [-0.1, -0.05) is 39.8 Å². The monoisotopic (exact) mass is 380 g/mol. The van der Waals surface area contributed by atoms with Crippen LogP contribution in [-0.2, 0) is 0 Å². The molecule has 0 heterocycles. The van der Waals surface area contributed by atoms with Crippen molar-refractivity contribution >= 4 is 17.1 Å². The molecular formula is C24H26F2N2. The molecule has 3 rings (SSSR count). The standard InChI is InChI=1S/C24H26F2N2/c1-14(2)20-11-17(16-9-18(25)13-19(26)10-16)12-21(15(3)4)24(20)28-23-8-6-5-7-22(23)27/h5-15,28H,27H2,1-4H3. The van der Waals surface area contributed by atoms with Crippen LogP contribution < -0.4 is 11.1 Å². The average Bonchev–Trinajstić information content (AvgIpc) is 2.62. The molecule has 2 nitrogen and oxygen atoms in total. The van der Waals surface area contributed by atoms with Crippen LogP contribution in [0.4, 0.5) is 25.8 Å². The summed E-state index contributed by atoms with van der Waals surface area (Å²) >= 11 is 0. The lowest BCUT2D eigenvalue weighted by molar-refractivity contribution is 0.584. The van der Waals surface area contributed by atoms with E-state index >= 15 is 0 Å². The fourth-order valence-corrected chi connectivity index (χ4v) is 3.38. The first-order chi connectivity index (χ1) is 13.3. The zero-order chi connectivity index (χ0) is 20.4. The van der Waals surface area contributed by atoms with E-state index in [1.54, 1.807) is 0 Å². The molecule has 0 aromatic heterocycles. The van der Waals surface area contributed by atoms with Crippen molar-refractivity contribution in [3.63, 3.8) is 0 Å². The lowest BCUT2D eigenvalue weighted by Crippen LogP contribution is -2.06. The van der Waals surface area contributed by atoms with Crippen molar-refractivity contribution in [3.8, 4) is 11.1 Å². The largest absolute Gasteiger partial charge is 0.397 e. The second-order valence-corrected chi connectivity index (χ2v) is 7.71. The van der Waals surface area contributed by atoms with Gasteiger partial charge in [-0.2, -0.15) is 0 Å². The summed E-state index contributed by atoms with van der Waals surface area (Å²) in [5.74, 6) is -0.732. The second-order valence-electron chi connectivity index (χ2n) is 7.71. The van der Waals surface area contributed by atoms with Crippen LogP contribution >= 0.6 is 0 Å². The highest BCUT2D eigenvalue weighted by Crippen LogP contribution is 2.39. The molecule has 0 aliphatic heterocycles. The first-order valence-electron chi connectivity index (χ1n) is 9.52. The van der Waals surface area contributed by atoms with Crippen LogP contribution in [0.5, 0.6) is 0 Å². The zero-order valence-electron chi connectivity index (χ0n) is 16.7. The number of anilines is 3. The number of benzene rings is 3. The number of nitrogens with two attached hydrogens (primary N) is 1. The summed E-state index contributed by atoms with van der Waals surface area (Å²) in [7, 11) is 0. The van der Waals surface area contributed by atoms with E-state index in [2.05, 4.69) is 33.0 Å². The maximum absolute atomic E-state index is 13.8. The summed E-state index contributed by atoms with van der Waals surface area (Å²) in [5, 5.41) is 3.50. The van der Waals surface area contributed by atoms with Crippen LogP contribution in [0.3, 0.4) is 0 Å². The van der Waals surface area contributed by atoms with E-state index in [9.17, 15) is 8.78 Å². The molecule has 3 aromatic carbocycles. The number of halogens is 2. The van der Waals surface area contributed by atoms with Gasteiger partial charge in [0, 0.05) is 11.8 Å². The number of hydrogen-bond acceptors (Lipinski definition) is 2. The highest BCUT2D eigenvalue weighted by atomic mass is 19.1. The smallest absolute Gasteiger partial charge is 0.126 e. The molecule has 4 heteroatoms. The summed E-state index contributed by atoms with van der Waals surface area (Å²) in [6.45, 7) is 8.42. The Kier molecular flexibility index (Phi) is 5.68. The van der Waals surface area contributed by atoms with Gasteiger partial charge in [0.25, 0.3) is 0 Å². The molecule has 0 aliphatic carbocycles. The topological polar surface area (TPSA) is 38.0 Å². The van der Waals surface area contributed by atoms with Crippen molar-refractivity contribution in [2.45, 2.75) is 39.5 Å². The molecule has 146 valence electrons. The van der Waals surface area contributed by atoms with Gasteiger partial charge in [0.15, 0.2) is 0 Å². The van der Waals surface area contributed by atoms with E-state index in [0.717, 1.165) is 34.1 Å². The molecule has 0 spiro atoms. The van der Waals surface area contributed by atoms with Crippen LogP contribution in [0, 0.1) is 11.6 Å². The Morgan fingerprint density at radius 3 is 1.75 bits per heavy atom. The third-order valence-corrected chi connectivity index (χ3v) is 4.86. The highest BCUT2D eigenvalue weighted by molar-refractivity contribution is 5.79.